The topological polar surface area (TPSA) is 55.4 Å². The lowest BCUT2D eigenvalue weighted by molar-refractivity contribution is -0.153. The number of esters is 1. The average molecular weight is 316 g/mol. The van der Waals surface area contributed by atoms with Crippen LogP contribution >= 0.6 is 23.2 Å². The maximum absolute atomic E-state index is 11.8. The van der Waals surface area contributed by atoms with Crippen LogP contribution in [0.5, 0.6) is 0 Å². The molecule has 4 nitrogen and oxygen atoms in total. The van der Waals surface area contributed by atoms with Crippen LogP contribution in [0.2, 0.25) is 0 Å². The van der Waals surface area contributed by atoms with Gasteiger partial charge in [0.2, 0.25) is 0 Å². The van der Waals surface area contributed by atoms with Gasteiger partial charge in [-0.05, 0) is 12.5 Å². The van der Waals surface area contributed by atoms with Crippen LogP contribution in [0.25, 0.3) is 0 Å². The maximum atomic E-state index is 11.8. The summed E-state index contributed by atoms with van der Waals surface area (Å²) >= 11 is 11.7. The standard InChI is InChI=1S/C14H15Cl2NO3/c1-13(9-14(13,15)16)12(19)20-8-11(18)17-7-10-5-3-2-4-6-10/h2-6H,7-9H2,1H3,(H,17,18)/t13-/m0/s1. The zero-order valence-corrected chi connectivity index (χ0v) is 12.5. The van der Waals surface area contributed by atoms with Crippen molar-refractivity contribution in [3.63, 3.8) is 0 Å². The van der Waals surface area contributed by atoms with Crippen LogP contribution in [0.15, 0.2) is 30.3 Å². The van der Waals surface area contributed by atoms with Gasteiger partial charge in [0.1, 0.15) is 9.75 Å². The molecule has 1 saturated carbocycles. The molecule has 0 unspecified atom stereocenters. The van der Waals surface area contributed by atoms with Gasteiger partial charge in [0.05, 0.1) is 0 Å². The number of amides is 1. The van der Waals surface area contributed by atoms with E-state index in [0.29, 0.717) is 13.0 Å². The van der Waals surface area contributed by atoms with E-state index >= 15 is 0 Å². The minimum absolute atomic E-state index is 0.328. The van der Waals surface area contributed by atoms with Crippen molar-refractivity contribution < 1.29 is 14.3 Å². The Labute approximate surface area is 127 Å². The first-order valence-electron chi connectivity index (χ1n) is 6.21. The van der Waals surface area contributed by atoms with Crippen LogP contribution in [0, 0.1) is 5.41 Å². The van der Waals surface area contributed by atoms with Gasteiger partial charge in [-0.3, -0.25) is 9.59 Å². The van der Waals surface area contributed by atoms with Gasteiger partial charge in [-0.2, -0.15) is 0 Å². The highest BCUT2D eigenvalue weighted by Crippen LogP contribution is 2.64. The number of rotatable bonds is 5. The van der Waals surface area contributed by atoms with Crippen molar-refractivity contribution in [3.05, 3.63) is 35.9 Å². The van der Waals surface area contributed by atoms with E-state index in [1.54, 1.807) is 6.92 Å². The summed E-state index contributed by atoms with van der Waals surface area (Å²) in [5.41, 5.74) is 0.0670. The highest BCUT2D eigenvalue weighted by molar-refractivity contribution is 6.53. The van der Waals surface area contributed by atoms with Gasteiger partial charge in [-0.15, -0.1) is 23.2 Å². The summed E-state index contributed by atoms with van der Waals surface area (Å²) in [7, 11) is 0. The van der Waals surface area contributed by atoms with Gasteiger partial charge in [-0.1, -0.05) is 30.3 Å². The van der Waals surface area contributed by atoms with E-state index < -0.39 is 15.7 Å². The third kappa shape index (κ3) is 3.25. The van der Waals surface area contributed by atoms with Crippen LogP contribution in [0.4, 0.5) is 0 Å². The zero-order valence-electron chi connectivity index (χ0n) is 11.0. The quantitative estimate of drug-likeness (QED) is 0.670. The summed E-state index contributed by atoms with van der Waals surface area (Å²) in [6, 6.07) is 9.46. The van der Waals surface area contributed by atoms with Crippen LogP contribution in [0.3, 0.4) is 0 Å². The first kappa shape index (κ1) is 15.1. The fraction of sp³-hybridized carbons (Fsp3) is 0.429. The normalized spacial score (nSPS) is 22.9. The third-order valence-corrected chi connectivity index (χ3v) is 4.48. The summed E-state index contributed by atoms with van der Waals surface area (Å²) in [5, 5.41) is 2.66. The molecule has 1 aromatic rings. The molecule has 20 heavy (non-hydrogen) atoms. The molecule has 1 N–H and O–H groups in total. The van der Waals surface area contributed by atoms with Gasteiger partial charge in [0.25, 0.3) is 5.91 Å². The summed E-state index contributed by atoms with van der Waals surface area (Å²) in [6.45, 7) is 1.69. The fourth-order valence-corrected chi connectivity index (χ4v) is 2.45. The molecule has 1 amide bonds. The molecular weight excluding hydrogens is 301 g/mol. The monoisotopic (exact) mass is 315 g/mol. The van der Waals surface area contributed by atoms with E-state index in [-0.39, 0.29) is 12.5 Å². The molecule has 0 aromatic heterocycles. The second-order valence-electron chi connectivity index (χ2n) is 5.05. The lowest BCUT2D eigenvalue weighted by atomic mass is 10.1. The largest absolute Gasteiger partial charge is 0.455 e. The van der Waals surface area contributed by atoms with Crippen molar-refractivity contribution in [2.45, 2.75) is 24.2 Å². The van der Waals surface area contributed by atoms with Gasteiger partial charge in [0.15, 0.2) is 6.61 Å². The summed E-state index contributed by atoms with van der Waals surface area (Å²) < 4.78 is 3.86. The minimum atomic E-state index is -1.08. The molecule has 0 heterocycles. The van der Waals surface area contributed by atoms with Gasteiger partial charge >= 0.3 is 5.97 Å². The Kier molecular flexibility index (Phi) is 4.25. The second kappa shape index (κ2) is 5.62. The average Bonchev–Trinajstić information content (AvgIpc) is 2.95. The predicted octanol–water partition coefficient (Wildman–Crippen LogP) is 2.43. The molecule has 2 rings (SSSR count). The Morgan fingerprint density at radius 1 is 1.30 bits per heavy atom. The van der Waals surface area contributed by atoms with E-state index in [1.165, 1.54) is 0 Å². The molecule has 0 spiro atoms. The van der Waals surface area contributed by atoms with Gasteiger partial charge in [0, 0.05) is 13.0 Å². The summed E-state index contributed by atoms with van der Waals surface area (Å²) in [5.74, 6) is -0.904. The molecule has 1 aliphatic carbocycles. The number of halogens is 2. The molecular formula is C14H15Cl2NO3. The van der Waals surface area contributed by atoms with E-state index in [2.05, 4.69) is 5.32 Å². The fourth-order valence-electron chi connectivity index (χ4n) is 1.76. The van der Waals surface area contributed by atoms with Crippen molar-refractivity contribution >= 4 is 35.1 Å². The number of carbonyl (C=O) groups is 2. The van der Waals surface area contributed by atoms with Gasteiger partial charge < -0.3 is 10.1 Å². The lowest BCUT2D eigenvalue weighted by Gasteiger charge is -2.11. The first-order valence-corrected chi connectivity index (χ1v) is 6.96. The highest BCUT2D eigenvalue weighted by Gasteiger charge is 2.69. The smallest absolute Gasteiger partial charge is 0.315 e. The van der Waals surface area contributed by atoms with Crippen molar-refractivity contribution in [1.29, 1.82) is 0 Å². The Morgan fingerprint density at radius 3 is 2.45 bits per heavy atom. The van der Waals surface area contributed by atoms with Crippen LogP contribution < -0.4 is 5.32 Å². The number of hydrogen-bond acceptors (Lipinski definition) is 3. The summed E-state index contributed by atoms with van der Waals surface area (Å²) in [4.78, 5) is 23.3. The van der Waals surface area contributed by atoms with E-state index in [9.17, 15) is 9.59 Å². The zero-order chi connectivity index (χ0) is 14.8. The molecule has 1 aliphatic rings. The summed E-state index contributed by atoms with van der Waals surface area (Å²) in [6.07, 6.45) is 0.341. The number of nitrogens with one attached hydrogen (secondary N) is 1. The van der Waals surface area contributed by atoms with Crippen molar-refractivity contribution in [2.24, 2.45) is 5.41 Å². The Balaban J connectivity index is 1.72. The SMILES string of the molecule is C[C@@]1(C(=O)OCC(=O)NCc2ccccc2)CC1(Cl)Cl. The van der Waals surface area contributed by atoms with E-state index in [0.717, 1.165) is 5.56 Å². The molecule has 108 valence electrons. The molecule has 1 fully saturated rings. The number of ether oxygens (including phenoxy) is 1. The van der Waals surface area contributed by atoms with E-state index in [4.69, 9.17) is 27.9 Å². The lowest BCUT2D eigenvalue weighted by Crippen LogP contribution is -2.31. The molecule has 1 aromatic carbocycles. The molecule has 1 atom stereocenters. The number of alkyl halides is 2. The minimum Gasteiger partial charge on any atom is -0.455 e. The maximum Gasteiger partial charge on any atom is 0.315 e. The van der Waals surface area contributed by atoms with Crippen LogP contribution in [-0.4, -0.2) is 22.8 Å². The van der Waals surface area contributed by atoms with E-state index in [1.807, 2.05) is 30.3 Å². The Morgan fingerprint density at radius 2 is 1.90 bits per heavy atom. The van der Waals surface area contributed by atoms with Crippen LogP contribution in [-0.2, 0) is 20.9 Å². The third-order valence-electron chi connectivity index (χ3n) is 3.38. The molecule has 0 aliphatic heterocycles. The molecule has 0 saturated heterocycles. The number of hydrogen-bond donors (Lipinski definition) is 1. The van der Waals surface area contributed by atoms with Crippen LogP contribution in [0.1, 0.15) is 18.9 Å². The number of benzene rings is 1. The number of carbonyl (C=O) groups excluding carboxylic acids is 2. The molecule has 0 bridgehead atoms. The Bertz CT molecular complexity index is 518. The predicted molar refractivity (Wildman–Crippen MR) is 76.4 cm³/mol. The molecule has 6 heteroatoms. The Hall–Kier alpha value is -1.26. The van der Waals surface area contributed by atoms with Gasteiger partial charge in [-0.25, -0.2) is 0 Å². The molecule has 0 radical (unpaired) electrons. The highest BCUT2D eigenvalue weighted by atomic mass is 35.5. The second-order valence-corrected chi connectivity index (χ2v) is 6.54. The van der Waals surface area contributed by atoms with Crippen molar-refractivity contribution in [2.75, 3.05) is 6.61 Å². The van der Waals surface area contributed by atoms with Crippen molar-refractivity contribution in [3.8, 4) is 0 Å². The van der Waals surface area contributed by atoms with Crippen molar-refractivity contribution in [1.82, 2.24) is 5.32 Å². The first-order chi connectivity index (χ1) is 9.35.